The summed E-state index contributed by atoms with van der Waals surface area (Å²) in [6, 6.07) is 10.3. The van der Waals surface area contributed by atoms with Crippen LogP contribution in [0.15, 0.2) is 42.5 Å². The van der Waals surface area contributed by atoms with Gasteiger partial charge in [0, 0.05) is 48.1 Å². The Morgan fingerprint density at radius 2 is 1.90 bits per heavy atom. The summed E-state index contributed by atoms with van der Waals surface area (Å²) in [6.45, 7) is 5.47. The number of rotatable bonds is 8. The van der Waals surface area contributed by atoms with Crippen LogP contribution in [0.5, 0.6) is 0 Å². The average molecular weight is 589 g/mol. The first-order chi connectivity index (χ1) is 19.7. The summed E-state index contributed by atoms with van der Waals surface area (Å²) in [5.74, 6) is -0.792. The van der Waals surface area contributed by atoms with Gasteiger partial charge in [-0.2, -0.15) is 0 Å². The van der Waals surface area contributed by atoms with Crippen molar-refractivity contribution in [1.29, 1.82) is 0 Å². The normalized spacial score (nSPS) is 31.6. The Kier molecular flexibility index (Phi) is 9.86. The predicted molar refractivity (Wildman–Crippen MR) is 158 cm³/mol. The fourth-order valence-electron chi connectivity index (χ4n) is 6.92. The molecule has 2 bridgehead atoms. The molecule has 4 unspecified atom stereocenters. The van der Waals surface area contributed by atoms with Gasteiger partial charge in [-0.15, -0.1) is 0 Å². The van der Waals surface area contributed by atoms with Crippen molar-refractivity contribution in [3.63, 3.8) is 0 Å². The lowest BCUT2D eigenvalue weighted by Gasteiger charge is -2.39. The first kappa shape index (κ1) is 30.2. The fourth-order valence-corrected chi connectivity index (χ4v) is 8.43. The Morgan fingerprint density at radius 1 is 1.17 bits per heavy atom. The zero-order valence-electron chi connectivity index (χ0n) is 23.9. The van der Waals surface area contributed by atoms with Crippen molar-refractivity contribution in [2.45, 2.75) is 88.6 Å². The smallest absolute Gasteiger partial charge is 0.241 e. The number of nitrogens with zero attached hydrogens (tertiary/aromatic N) is 1. The standard InChI is InChI=1S/C31H42F2N4O3S/c1-19-15-22(16-20(2)40-19)29(21-8-10-23(32)11-9-21)30(34)31(38)36-28-7-3-6-27(33)26(28)13-12-25-17-35-24-5-4-14-41(39)37(25)18-24/h3,6-11,19-20,22,24-25,29-30,35H,4-5,12-18,34H2,1-2H3,(H,36,38)/t19-,20+,22?,24-,25+,29?,30+,41?/m1/s1. The number of nitrogens with two attached hydrogens (primary N) is 1. The summed E-state index contributed by atoms with van der Waals surface area (Å²) < 4.78 is 49.7. The van der Waals surface area contributed by atoms with Gasteiger partial charge in [0.1, 0.15) is 11.6 Å². The number of amides is 1. The highest BCUT2D eigenvalue weighted by Gasteiger charge is 2.38. The van der Waals surface area contributed by atoms with Gasteiger partial charge in [-0.25, -0.2) is 17.3 Å². The van der Waals surface area contributed by atoms with Crippen molar-refractivity contribution < 1.29 is 22.5 Å². The summed E-state index contributed by atoms with van der Waals surface area (Å²) in [5.41, 5.74) is 8.29. The monoisotopic (exact) mass is 588 g/mol. The quantitative estimate of drug-likeness (QED) is 0.429. The molecule has 0 aromatic heterocycles. The minimum atomic E-state index is -1.03. The molecule has 3 heterocycles. The van der Waals surface area contributed by atoms with Crippen molar-refractivity contribution >= 4 is 22.6 Å². The van der Waals surface area contributed by atoms with Crippen LogP contribution >= 0.6 is 0 Å². The van der Waals surface area contributed by atoms with E-state index in [-0.39, 0.29) is 35.9 Å². The number of nitrogens with one attached hydrogen (secondary N) is 2. The number of piperazine rings is 1. The minimum Gasteiger partial charge on any atom is -0.376 e. The third kappa shape index (κ3) is 7.22. The molecular formula is C31H42F2N4O3S. The third-order valence-corrected chi connectivity index (χ3v) is 10.5. The lowest BCUT2D eigenvalue weighted by Crippen LogP contribution is -2.55. The molecule has 9 atom stereocenters. The van der Waals surface area contributed by atoms with Crippen LogP contribution in [-0.2, 0) is 26.9 Å². The van der Waals surface area contributed by atoms with E-state index >= 15 is 4.39 Å². The van der Waals surface area contributed by atoms with Gasteiger partial charge in [-0.1, -0.05) is 18.2 Å². The maximum atomic E-state index is 15.2. The van der Waals surface area contributed by atoms with E-state index in [4.69, 9.17) is 10.5 Å². The van der Waals surface area contributed by atoms with Crippen LogP contribution in [0.3, 0.4) is 0 Å². The van der Waals surface area contributed by atoms with E-state index in [0.29, 0.717) is 42.4 Å². The molecule has 0 saturated carbocycles. The Labute approximate surface area is 244 Å². The zero-order chi connectivity index (χ0) is 29.1. The van der Waals surface area contributed by atoms with Crippen LogP contribution < -0.4 is 16.4 Å². The lowest BCUT2D eigenvalue weighted by atomic mass is 9.74. The van der Waals surface area contributed by atoms with Gasteiger partial charge >= 0.3 is 0 Å². The Balaban J connectivity index is 1.33. The highest BCUT2D eigenvalue weighted by Crippen LogP contribution is 2.38. The van der Waals surface area contributed by atoms with E-state index < -0.39 is 28.8 Å². The molecule has 3 saturated heterocycles. The highest BCUT2D eigenvalue weighted by molar-refractivity contribution is 7.82. The van der Waals surface area contributed by atoms with Crippen molar-refractivity contribution in [3.8, 4) is 0 Å². The zero-order valence-corrected chi connectivity index (χ0v) is 24.7. The van der Waals surface area contributed by atoms with Crippen molar-refractivity contribution in [1.82, 2.24) is 9.62 Å². The third-order valence-electron chi connectivity index (χ3n) is 8.87. The number of anilines is 1. The molecule has 3 aliphatic rings. The van der Waals surface area contributed by atoms with Crippen LogP contribution in [0.1, 0.15) is 63.0 Å². The Bertz CT molecular complexity index is 1220. The number of carbonyl (C=O) groups excluding carboxylic acids is 1. The second-order valence-corrected chi connectivity index (χ2v) is 13.4. The molecule has 0 spiro atoms. The molecule has 3 aliphatic heterocycles. The van der Waals surface area contributed by atoms with Gasteiger partial charge in [-0.3, -0.25) is 4.79 Å². The molecule has 3 fully saturated rings. The lowest BCUT2D eigenvalue weighted by molar-refractivity contribution is -0.119. The average Bonchev–Trinajstić information content (AvgIpc) is 3.08. The second kappa shape index (κ2) is 13.4. The molecule has 1 amide bonds. The van der Waals surface area contributed by atoms with Gasteiger partial charge in [0.2, 0.25) is 5.91 Å². The van der Waals surface area contributed by atoms with Crippen molar-refractivity contribution in [2.24, 2.45) is 11.7 Å². The largest absolute Gasteiger partial charge is 0.376 e. The molecule has 0 radical (unpaired) electrons. The molecule has 10 heteroatoms. The molecule has 2 aromatic rings. The molecule has 4 N–H and O–H groups in total. The van der Waals surface area contributed by atoms with Crippen LogP contribution in [0.25, 0.3) is 0 Å². The van der Waals surface area contributed by atoms with Crippen LogP contribution in [-0.4, -0.2) is 63.6 Å². The summed E-state index contributed by atoms with van der Waals surface area (Å²) in [7, 11) is -1.03. The predicted octanol–water partition coefficient (Wildman–Crippen LogP) is 4.25. The summed E-state index contributed by atoms with van der Waals surface area (Å²) in [4.78, 5) is 13.7. The van der Waals surface area contributed by atoms with E-state index in [1.165, 1.54) is 18.2 Å². The SMILES string of the molecule is C[C@@H]1CC(C(c2ccc(F)cc2)[C@H](N)C(=O)Nc2cccc(F)c2CC[C@H]2CN[C@@H]3CCCS(=O)N2C3)C[C@H](C)O1. The van der Waals surface area contributed by atoms with Gasteiger partial charge in [0.25, 0.3) is 0 Å². The van der Waals surface area contributed by atoms with E-state index in [1.807, 2.05) is 13.8 Å². The molecule has 0 aliphatic carbocycles. The molecule has 7 nitrogen and oxygen atoms in total. The van der Waals surface area contributed by atoms with Crippen LogP contribution in [0.4, 0.5) is 14.5 Å². The highest BCUT2D eigenvalue weighted by atomic mass is 32.2. The Morgan fingerprint density at radius 3 is 2.63 bits per heavy atom. The molecule has 2 aromatic carbocycles. The number of halogens is 2. The van der Waals surface area contributed by atoms with Crippen LogP contribution in [0, 0.1) is 17.6 Å². The minimum absolute atomic E-state index is 0.0138. The van der Waals surface area contributed by atoms with Gasteiger partial charge in [-0.05, 0) is 88.1 Å². The van der Waals surface area contributed by atoms with E-state index in [2.05, 4.69) is 14.9 Å². The van der Waals surface area contributed by atoms with Gasteiger partial charge in [0.05, 0.1) is 29.2 Å². The first-order valence-electron chi connectivity index (χ1n) is 14.8. The van der Waals surface area contributed by atoms with Crippen molar-refractivity contribution in [2.75, 3.05) is 24.2 Å². The number of fused-ring (bicyclic) bond motifs is 2. The molecule has 224 valence electrons. The van der Waals surface area contributed by atoms with Gasteiger partial charge in [0.15, 0.2) is 0 Å². The number of ether oxygens (including phenoxy) is 1. The van der Waals surface area contributed by atoms with Crippen LogP contribution in [0.2, 0.25) is 0 Å². The van der Waals surface area contributed by atoms with Gasteiger partial charge < -0.3 is 21.1 Å². The second-order valence-electron chi connectivity index (χ2n) is 11.9. The summed E-state index contributed by atoms with van der Waals surface area (Å²) in [6.07, 6.45) is 4.43. The first-order valence-corrected chi connectivity index (χ1v) is 16.1. The topological polar surface area (TPSA) is 96.7 Å². The molecule has 5 rings (SSSR count). The Hall–Kier alpha value is -2.24. The number of hydrogen-bond acceptors (Lipinski definition) is 5. The van der Waals surface area contributed by atoms with E-state index in [9.17, 15) is 13.4 Å². The van der Waals surface area contributed by atoms with E-state index in [1.54, 1.807) is 24.3 Å². The fraction of sp³-hybridized carbons (Fsp3) is 0.581. The maximum Gasteiger partial charge on any atom is 0.241 e. The number of carbonyl (C=O) groups is 1. The van der Waals surface area contributed by atoms with E-state index in [0.717, 1.165) is 37.8 Å². The number of hydrogen-bond donors (Lipinski definition) is 3. The molecular weight excluding hydrogens is 546 g/mol. The maximum absolute atomic E-state index is 15.2. The number of benzene rings is 2. The van der Waals surface area contributed by atoms with Crippen molar-refractivity contribution in [3.05, 3.63) is 65.2 Å². The summed E-state index contributed by atoms with van der Waals surface area (Å²) in [5, 5.41) is 6.48. The summed E-state index contributed by atoms with van der Waals surface area (Å²) >= 11 is 0. The molecule has 41 heavy (non-hydrogen) atoms.